The number of hydrogen-bond acceptors (Lipinski definition) is 3. The fourth-order valence-corrected chi connectivity index (χ4v) is 5.16. The first-order valence-electron chi connectivity index (χ1n) is 11.8. The van der Waals surface area contributed by atoms with E-state index in [1.807, 2.05) is 31.2 Å². The number of benzene rings is 3. The maximum atomic E-state index is 14.4. The molecule has 3 aromatic rings. The van der Waals surface area contributed by atoms with Crippen molar-refractivity contribution in [3.05, 3.63) is 88.7 Å². The lowest BCUT2D eigenvalue weighted by Crippen LogP contribution is -2.22. The van der Waals surface area contributed by atoms with Crippen LogP contribution in [0.3, 0.4) is 0 Å². The van der Waals surface area contributed by atoms with Crippen molar-refractivity contribution in [2.45, 2.75) is 44.8 Å². The fourth-order valence-electron chi connectivity index (χ4n) is 5.16. The molecule has 1 N–H and O–H groups in total. The van der Waals surface area contributed by atoms with Crippen molar-refractivity contribution >= 4 is 5.97 Å². The number of carbonyl (C=O) groups is 1. The number of carboxylic acids is 1. The summed E-state index contributed by atoms with van der Waals surface area (Å²) in [6.45, 7) is 2.35. The Morgan fingerprint density at radius 2 is 1.82 bits per heavy atom. The summed E-state index contributed by atoms with van der Waals surface area (Å²) >= 11 is 0. The summed E-state index contributed by atoms with van der Waals surface area (Å²) in [6.07, 6.45) is 2.84. The van der Waals surface area contributed by atoms with Crippen LogP contribution in [0, 0.1) is 17.7 Å². The van der Waals surface area contributed by atoms with Crippen molar-refractivity contribution in [1.82, 2.24) is 0 Å². The molecule has 4 nitrogen and oxygen atoms in total. The van der Waals surface area contributed by atoms with Gasteiger partial charge in [-0.1, -0.05) is 49.4 Å². The number of halogens is 1. The Morgan fingerprint density at radius 1 is 1.06 bits per heavy atom. The predicted molar refractivity (Wildman–Crippen MR) is 128 cm³/mol. The van der Waals surface area contributed by atoms with Gasteiger partial charge in [0.1, 0.15) is 11.6 Å². The molecular formula is C29H29FO4. The van der Waals surface area contributed by atoms with E-state index < -0.39 is 11.9 Å². The van der Waals surface area contributed by atoms with Gasteiger partial charge in [0.2, 0.25) is 0 Å². The van der Waals surface area contributed by atoms with Gasteiger partial charge in [0.25, 0.3) is 0 Å². The zero-order valence-electron chi connectivity index (χ0n) is 19.5. The van der Waals surface area contributed by atoms with Crippen molar-refractivity contribution in [1.29, 1.82) is 0 Å². The van der Waals surface area contributed by atoms with Crippen molar-refractivity contribution in [3.63, 3.8) is 0 Å². The van der Waals surface area contributed by atoms with Crippen LogP contribution in [0.5, 0.6) is 5.75 Å². The minimum absolute atomic E-state index is 0.0566. The van der Waals surface area contributed by atoms with Gasteiger partial charge < -0.3 is 14.6 Å². The SMILES string of the molecule is COc1ccc(F)c(-c2ccc(C3Cc4cc([C@H](C5CC5)[C@H](C)C(=O)O)ccc4CO3)cc2)c1. The second kappa shape index (κ2) is 9.22. The van der Waals surface area contributed by atoms with E-state index in [1.165, 1.54) is 11.6 Å². The van der Waals surface area contributed by atoms with Crippen LogP contribution in [0.1, 0.15) is 54.0 Å². The lowest BCUT2D eigenvalue weighted by molar-refractivity contribution is -0.142. The summed E-state index contributed by atoms with van der Waals surface area (Å²) < 4.78 is 25.8. The minimum atomic E-state index is -0.733. The van der Waals surface area contributed by atoms with Crippen molar-refractivity contribution in [2.24, 2.45) is 11.8 Å². The molecule has 1 aliphatic carbocycles. The number of rotatable bonds is 7. The Labute approximate surface area is 199 Å². The lowest BCUT2D eigenvalue weighted by Gasteiger charge is -2.28. The molecule has 5 rings (SSSR count). The van der Waals surface area contributed by atoms with Crippen LogP contribution in [0.25, 0.3) is 11.1 Å². The van der Waals surface area contributed by atoms with Gasteiger partial charge >= 0.3 is 5.97 Å². The summed E-state index contributed by atoms with van der Waals surface area (Å²) in [4.78, 5) is 11.7. The van der Waals surface area contributed by atoms with Crippen LogP contribution in [0.2, 0.25) is 0 Å². The van der Waals surface area contributed by atoms with E-state index in [4.69, 9.17) is 9.47 Å². The Morgan fingerprint density at radius 3 is 2.50 bits per heavy atom. The van der Waals surface area contributed by atoms with Crippen LogP contribution < -0.4 is 4.74 Å². The molecule has 34 heavy (non-hydrogen) atoms. The van der Waals surface area contributed by atoms with E-state index >= 15 is 0 Å². The van der Waals surface area contributed by atoms with Gasteiger partial charge in [-0.25, -0.2) is 4.39 Å². The van der Waals surface area contributed by atoms with Crippen molar-refractivity contribution in [3.8, 4) is 16.9 Å². The maximum Gasteiger partial charge on any atom is 0.306 e. The third kappa shape index (κ3) is 4.45. The monoisotopic (exact) mass is 460 g/mol. The predicted octanol–water partition coefficient (Wildman–Crippen LogP) is 6.53. The first kappa shape index (κ1) is 22.6. The van der Waals surface area contributed by atoms with Gasteiger partial charge in [-0.3, -0.25) is 4.79 Å². The maximum absolute atomic E-state index is 14.4. The molecule has 1 fully saturated rings. The van der Waals surface area contributed by atoms with Crippen LogP contribution in [0.4, 0.5) is 4.39 Å². The summed E-state index contributed by atoms with van der Waals surface area (Å²) in [7, 11) is 1.57. The molecule has 3 atom stereocenters. The molecule has 3 aromatic carbocycles. The van der Waals surface area contributed by atoms with Crippen LogP contribution in [-0.2, 0) is 22.6 Å². The number of carboxylic acid groups (broad SMARTS) is 1. The highest BCUT2D eigenvalue weighted by Gasteiger charge is 2.39. The highest BCUT2D eigenvalue weighted by Crippen LogP contribution is 2.47. The number of aliphatic carboxylic acids is 1. The second-order valence-electron chi connectivity index (χ2n) is 9.49. The van der Waals surface area contributed by atoms with E-state index in [0.717, 1.165) is 41.5 Å². The zero-order valence-corrected chi connectivity index (χ0v) is 19.5. The van der Waals surface area contributed by atoms with E-state index in [9.17, 15) is 14.3 Å². The van der Waals surface area contributed by atoms with Crippen LogP contribution >= 0.6 is 0 Å². The summed E-state index contributed by atoms with van der Waals surface area (Å²) in [5, 5.41) is 9.62. The fraction of sp³-hybridized carbons (Fsp3) is 0.345. The molecule has 0 radical (unpaired) electrons. The zero-order chi connectivity index (χ0) is 23.8. The molecular weight excluding hydrogens is 431 g/mol. The van der Waals surface area contributed by atoms with Gasteiger partial charge in [0.05, 0.1) is 25.7 Å². The molecule has 2 aliphatic rings. The number of methoxy groups -OCH3 is 1. The normalized spacial score (nSPS) is 19.2. The Bertz CT molecular complexity index is 1200. The highest BCUT2D eigenvalue weighted by molar-refractivity contribution is 5.71. The van der Waals surface area contributed by atoms with Gasteiger partial charge in [-0.05, 0) is 70.7 Å². The lowest BCUT2D eigenvalue weighted by atomic mass is 9.81. The number of hydrogen-bond donors (Lipinski definition) is 1. The molecule has 0 spiro atoms. The van der Waals surface area contributed by atoms with E-state index in [0.29, 0.717) is 23.8 Å². The Kier molecular flexibility index (Phi) is 6.13. The molecule has 0 bridgehead atoms. The molecule has 1 aliphatic heterocycles. The standard InChI is InChI=1S/C29H29FO4/c1-17(29(31)32)28(20-7-8-20)21-9-10-22-16-34-27(14-23(22)13-21)19-5-3-18(4-6-19)25-15-24(33-2)11-12-26(25)30/h3-6,9-13,15,17,20,27-28H,7-8,14,16H2,1-2H3,(H,31,32)/t17-,27?,28-/m0/s1. The summed E-state index contributed by atoms with van der Waals surface area (Å²) in [5.74, 6) is -0.283. The summed E-state index contributed by atoms with van der Waals surface area (Å²) in [5.41, 5.74) is 5.84. The molecule has 0 saturated heterocycles. The van der Waals surface area contributed by atoms with Crippen LogP contribution in [-0.4, -0.2) is 18.2 Å². The average Bonchev–Trinajstić information content (AvgIpc) is 3.69. The van der Waals surface area contributed by atoms with Crippen LogP contribution in [0.15, 0.2) is 60.7 Å². The average molecular weight is 461 g/mol. The number of ether oxygens (including phenoxy) is 2. The summed E-state index contributed by atoms with van der Waals surface area (Å²) in [6, 6.07) is 18.9. The Balaban J connectivity index is 1.37. The van der Waals surface area contributed by atoms with Crippen molar-refractivity contribution < 1.29 is 23.8 Å². The van der Waals surface area contributed by atoms with Gasteiger partial charge in [0, 0.05) is 12.0 Å². The number of fused-ring (bicyclic) bond motifs is 1. The first-order chi connectivity index (χ1) is 16.4. The minimum Gasteiger partial charge on any atom is -0.497 e. The van der Waals surface area contributed by atoms with E-state index in [2.05, 4.69) is 18.2 Å². The molecule has 0 aromatic heterocycles. The third-order valence-corrected chi connectivity index (χ3v) is 7.29. The largest absolute Gasteiger partial charge is 0.497 e. The molecule has 176 valence electrons. The molecule has 0 amide bonds. The molecule has 5 heteroatoms. The smallest absolute Gasteiger partial charge is 0.306 e. The second-order valence-corrected chi connectivity index (χ2v) is 9.49. The van der Waals surface area contributed by atoms with Crippen molar-refractivity contribution in [2.75, 3.05) is 7.11 Å². The first-order valence-corrected chi connectivity index (χ1v) is 11.8. The topological polar surface area (TPSA) is 55.8 Å². The van der Waals surface area contributed by atoms with Gasteiger partial charge in [-0.15, -0.1) is 0 Å². The van der Waals surface area contributed by atoms with Gasteiger partial charge in [0.15, 0.2) is 0 Å². The molecule has 1 heterocycles. The Hall–Kier alpha value is -3.18. The highest BCUT2D eigenvalue weighted by atomic mass is 19.1. The molecule has 1 unspecified atom stereocenters. The van der Waals surface area contributed by atoms with Gasteiger partial charge in [-0.2, -0.15) is 0 Å². The third-order valence-electron chi connectivity index (χ3n) is 7.29. The molecule has 1 saturated carbocycles. The van der Waals surface area contributed by atoms with E-state index in [1.54, 1.807) is 19.2 Å². The van der Waals surface area contributed by atoms with E-state index in [-0.39, 0.29) is 17.8 Å². The quantitative estimate of drug-likeness (QED) is 0.436.